The first kappa shape index (κ1) is 19.8. The number of amides is 2. The Morgan fingerprint density at radius 2 is 1.82 bits per heavy atom. The van der Waals surface area contributed by atoms with Crippen LogP contribution in [0.5, 0.6) is 5.75 Å². The second-order valence-corrected chi connectivity index (χ2v) is 6.50. The molecule has 0 saturated carbocycles. The predicted octanol–water partition coefficient (Wildman–Crippen LogP) is 3.71. The number of likely N-dealkylation sites (tertiary alicyclic amines) is 1. The van der Waals surface area contributed by atoms with Crippen molar-refractivity contribution < 1.29 is 31.9 Å². The van der Waals surface area contributed by atoms with E-state index in [-0.39, 0.29) is 23.5 Å². The molecule has 1 fully saturated rings. The molecule has 2 aromatic rings. The van der Waals surface area contributed by atoms with Crippen LogP contribution in [-0.4, -0.2) is 42.6 Å². The fourth-order valence-electron chi connectivity index (χ4n) is 2.96. The molecule has 9 heteroatoms. The molecule has 0 atom stereocenters. The van der Waals surface area contributed by atoms with Crippen molar-refractivity contribution in [3.63, 3.8) is 0 Å². The minimum absolute atomic E-state index is 0.0707. The van der Waals surface area contributed by atoms with Crippen molar-refractivity contribution in [2.24, 2.45) is 5.92 Å². The van der Waals surface area contributed by atoms with Gasteiger partial charge in [-0.3, -0.25) is 9.59 Å². The first-order valence-electron chi connectivity index (χ1n) is 8.74. The van der Waals surface area contributed by atoms with E-state index in [2.05, 4.69) is 10.1 Å². The summed E-state index contributed by atoms with van der Waals surface area (Å²) in [6, 6.07) is 7.31. The van der Waals surface area contributed by atoms with Gasteiger partial charge in [-0.05, 0) is 43.2 Å². The summed E-state index contributed by atoms with van der Waals surface area (Å²) in [5, 5.41) is 2.75. The molecule has 28 heavy (non-hydrogen) atoms. The highest BCUT2D eigenvalue weighted by Gasteiger charge is 2.29. The van der Waals surface area contributed by atoms with Gasteiger partial charge in [-0.25, -0.2) is 0 Å². The van der Waals surface area contributed by atoms with E-state index in [1.165, 1.54) is 36.8 Å². The molecule has 0 radical (unpaired) electrons. The van der Waals surface area contributed by atoms with Gasteiger partial charge in [0, 0.05) is 24.7 Å². The summed E-state index contributed by atoms with van der Waals surface area (Å²) in [5.74, 6) is -0.475. The maximum Gasteiger partial charge on any atom is 0.422 e. The number of benzene rings is 1. The Kier molecular flexibility index (Phi) is 5.91. The van der Waals surface area contributed by atoms with E-state index in [0.717, 1.165) is 0 Å². The first-order chi connectivity index (χ1) is 13.3. The number of piperidine rings is 1. The third kappa shape index (κ3) is 5.28. The minimum Gasteiger partial charge on any atom is -0.484 e. The highest BCUT2D eigenvalue weighted by atomic mass is 19.4. The summed E-state index contributed by atoms with van der Waals surface area (Å²) in [6.45, 7) is -0.437. The molecule has 1 aliphatic rings. The van der Waals surface area contributed by atoms with Crippen LogP contribution < -0.4 is 10.1 Å². The Balaban J connectivity index is 1.47. The molecule has 1 aromatic heterocycles. The standard InChI is InChI=1S/C19H19F3N2O4/c20-19(21,22)12-28-16-3-1-15(2-4-16)23-17(25)13-5-8-24(9-6-13)18(26)14-7-10-27-11-14/h1-4,7,10-11,13H,5-6,8-9,12H2,(H,23,25). The van der Waals surface area contributed by atoms with Crippen LogP contribution in [-0.2, 0) is 4.79 Å². The Bertz CT molecular complexity index is 796. The van der Waals surface area contributed by atoms with E-state index in [1.807, 2.05) is 0 Å². The van der Waals surface area contributed by atoms with Crippen LogP contribution >= 0.6 is 0 Å². The lowest BCUT2D eigenvalue weighted by Crippen LogP contribution is -2.41. The number of furan rings is 1. The van der Waals surface area contributed by atoms with Crippen LogP contribution in [0.4, 0.5) is 18.9 Å². The summed E-state index contributed by atoms with van der Waals surface area (Å²) >= 11 is 0. The Morgan fingerprint density at radius 1 is 1.14 bits per heavy atom. The van der Waals surface area contributed by atoms with E-state index in [9.17, 15) is 22.8 Å². The third-order valence-corrected chi connectivity index (χ3v) is 4.45. The summed E-state index contributed by atoms with van der Waals surface area (Å²) < 4.78 is 46.0. The lowest BCUT2D eigenvalue weighted by molar-refractivity contribution is -0.153. The van der Waals surface area contributed by atoms with Gasteiger partial charge in [-0.15, -0.1) is 0 Å². The largest absolute Gasteiger partial charge is 0.484 e. The number of hydrogen-bond acceptors (Lipinski definition) is 4. The molecule has 1 aliphatic heterocycles. The number of carbonyl (C=O) groups excluding carboxylic acids is 2. The van der Waals surface area contributed by atoms with E-state index < -0.39 is 12.8 Å². The third-order valence-electron chi connectivity index (χ3n) is 4.45. The van der Waals surface area contributed by atoms with Gasteiger partial charge in [0.15, 0.2) is 6.61 Å². The fraction of sp³-hybridized carbons (Fsp3) is 0.368. The SMILES string of the molecule is O=C(Nc1ccc(OCC(F)(F)F)cc1)C1CCN(C(=O)c2ccoc2)CC1. The van der Waals surface area contributed by atoms with Gasteiger partial charge in [0.25, 0.3) is 5.91 Å². The van der Waals surface area contributed by atoms with E-state index in [4.69, 9.17) is 4.42 Å². The molecule has 1 N–H and O–H groups in total. The van der Waals surface area contributed by atoms with E-state index in [1.54, 1.807) is 11.0 Å². The van der Waals surface area contributed by atoms with Crippen LogP contribution in [0.25, 0.3) is 0 Å². The first-order valence-corrected chi connectivity index (χ1v) is 8.74. The number of ether oxygens (including phenoxy) is 1. The monoisotopic (exact) mass is 396 g/mol. The molecular formula is C19H19F3N2O4. The second-order valence-electron chi connectivity index (χ2n) is 6.50. The molecule has 6 nitrogen and oxygen atoms in total. The van der Waals surface area contributed by atoms with Gasteiger partial charge < -0.3 is 19.4 Å². The van der Waals surface area contributed by atoms with Crippen LogP contribution in [0.3, 0.4) is 0 Å². The fourth-order valence-corrected chi connectivity index (χ4v) is 2.96. The molecule has 2 amide bonds. The maximum atomic E-state index is 12.4. The molecule has 1 saturated heterocycles. The van der Waals surface area contributed by atoms with Crippen molar-refractivity contribution in [3.8, 4) is 5.75 Å². The summed E-state index contributed by atoms with van der Waals surface area (Å²) in [7, 11) is 0. The van der Waals surface area contributed by atoms with Crippen molar-refractivity contribution in [1.29, 1.82) is 0 Å². The van der Waals surface area contributed by atoms with Crippen molar-refractivity contribution >= 4 is 17.5 Å². The highest BCUT2D eigenvalue weighted by Crippen LogP contribution is 2.23. The van der Waals surface area contributed by atoms with Gasteiger partial charge in [0.2, 0.25) is 5.91 Å². The van der Waals surface area contributed by atoms with Gasteiger partial charge in [0.1, 0.15) is 12.0 Å². The van der Waals surface area contributed by atoms with Gasteiger partial charge in [-0.1, -0.05) is 0 Å². The second kappa shape index (κ2) is 8.37. The van der Waals surface area contributed by atoms with Crippen molar-refractivity contribution in [1.82, 2.24) is 4.90 Å². The highest BCUT2D eigenvalue weighted by molar-refractivity contribution is 5.95. The molecule has 0 bridgehead atoms. The smallest absolute Gasteiger partial charge is 0.422 e. The molecule has 2 heterocycles. The van der Waals surface area contributed by atoms with Crippen LogP contribution in [0, 0.1) is 5.92 Å². The maximum absolute atomic E-state index is 12.4. The lowest BCUT2D eigenvalue weighted by atomic mass is 9.95. The number of hydrogen-bond donors (Lipinski definition) is 1. The van der Waals surface area contributed by atoms with Gasteiger partial charge in [0.05, 0.1) is 11.8 Å². The average molecular weight is 396 g/mol. The van der Waals surface area contributed by atoms with Crippen LogP contribution in [0.15, 0.2) is 47.3 Å². The number of nitrogens with one attached hydrogen (secondary N) is 1. The molecule has 0 spiro atoms. The summed E-state index contributed by atoms with van der Waals surface area (Å²) in [4.78, 5) is 26.3. The Labute approximate surface area is 159 Å². The average Bonchev–Trinajstić information content (AvgIpc) is 3.21. The topological polar surface area (TPSA) is 71.8 Å². The summed E-state index contributed by atoms with van der Waals surface area (Å²) in [6.07, 6.45) is -0.513. The van der Waals surface area contributed by atoms with Gasteiger partial charge in [-0.2, -0.15) is 13.2 Å². The predicted molar refractivity (Wildman–Crippen MR) is 94.0 cm³/mol. The molecular weight excluding hydrogens is 377 g/mol. The van der Waals surface area contributed by atoms with Crippen LogP contribution in [0.2, 0.25) is 0 Å². The molecule has 0 aliphatic carbocycles. The number of alkyl halides is 3. The quantitative estimate of drug-likeness (QED) is 0.836. The molecule has 3 rings (SSSR count). The normalized spacial score (nSPS) is 15.3. The van der Waals surface area contributed by atoms with Crippen molar-refractivity contribution in [3.05, 3.63) is 48.4 Å². The number of rotatable bonds is 5. The zero-order valence-corrected chi connectivity index (χ0v) is 14.9. The molecule has 150 valence electrons. The number of anilines is 1. The Morgan fingerprint density at radius 3 is 2.39 bits per heavy atom. The van der Waals surface area contributed by atoms with Gasteiger partial charge >= 0.3 is 6.18 Å². The lowest BCUT2D eigenvalue weighted by Gasteiger charge is -2.31. The van der Waals surface area contributed by atoms with E-state index in [0.29, 0.717) is 37.2 Å². The molecule has 0 unspecified atom stereocenters. The van der Waals surface area contributed by atoms with Crippen molar-refractivity contribution in [2.45, 2.75) is 19.0 Å². The number of halogens is 3. The van der Waals surface area contributed by atoms with Crippen molar-refractivity contribution in [2.75, 3.05) is 25.0 Å². The zero-order valence-electron chi connectivity index (χ0n) is 14.9. The summed E-state index contributed by atoms with van der Waals surface area (Å²) in [5.41, 5.74) is 0.956. The number of nitrogens with zero attached hydrogens (tertiary/aromatic N) is 1. The zero-order chi connectivity index (χ0) is 20.1. The molecule has 1 aromatic carbocycles. The van der Waals surface area contributed by atoms with Crippen LogP contribution in [0.1, 0.15) is 23.2 Å². The minimum atomic E-state index is -4.40. The van der Waals surface area contributed by atoms with E-state index >= 15 is 0 Å². The Hall–Kier alpha value is -2.97. The number of carbonyl (C=O) groups is 2.